The number of aliphatic hydroxyl groups is 1. The van der Waals surface area contributed by atoms with Gasteiger partial charge in [-0.25, -0.2) is 4.39 Å². The Hall–Kier alpha value is -1.26. The van der Waals surface area contributed by atoms with Crippen LogP contribution in [0.15, 0.2) is 11.5 Å². The predicted molar refractivity (Wildman–Crippen MR) is 33.9 cm³/mol. The fourth-order valence-corrected chi connectivity index (χ4v) is 0.397. The van der Waals surface area contributed by atoms with Gasteiger partial charge in [-0.2, -0.15) is 0 Å². The number of allylic oxidation sites excluding steroid dienone is 1. The average Bonchev–Trinajstić information content (AvgIpc) is 1.90. The van der Waals surface area contributed by atoms with Crippen molar-refractivity contribution in [3.8, 4) is 0 Å². The molecule has 0 bridgehead atoms. The number of carbonyl (C=O) groups excluding carboxylic acids is 1. The Labute approximate surface area is 57.5 Å². The molecule has 0 atom stereocenters. The van der Waals surface area contributed by atoms with Crippen LogP contribution in [0.1, 0.15) is 0 Å². The average molecular weight is 148 g/mol. The van der Waals surface area contributed by atoms with Crippen molar-refractivity contribution in [2.24, 2.45) is 5.73 Å². The van der Waals surface area contributed by atoms with Gasteiger partial charge in [-0.15, -0.1) is 0 Å². The lowest BCUT2D eigenvalue weighted by atomic mass is 10.3. The van der Waals surface area contributed by atoms with Crippen molar-refractivity contribution in [2.75, 3.05) is 13.7 Å². The van der Waals surface area contributed by atoms with Crippen LogP contribution in [0.25, 0.3) is 0 Å². The molecule has 0 aliphatic rings. The number of hydrogen-bond donors (Lipinski definition) is 3. The molecule has 0 saturated carbocycles. The number of amides is 1. The van der Waals surface area contributed by atoms with Crippen LogP contribution in [-0.4, -0.2) is 24.7 Å². The van der Waals surface area contributed by atoms with Crippen LogP contribution in [-0.2, 0) is 4.79 Å². The summed E-state index contributed by atoms with van der Waals surface area (Å²) < 4.78 is 11.8. The Balaban J connectivity index is 4.43. The lowest BCUT2D eigenvalue weighted by Gasteiger charge is -2.01. The van der Waals surface area contributed by atoms with Gasteiger partial charge < -0.3 is 16.2 Å². The first-order chi connectivity index (χ1) is 4.63. The Bertz CT molecular complexity index is 161. The molecule has 0 heterocycles. The van der Waals surface area contributed by atoms with Crippen LogP contribution in [0, 0.1) is 0 Å². The monoisotopic (exact) mass is 148 g/mol. The number of nitrogens with one attached hydrogen (secondary N) is 1. The Kier molecular flexibility index (Phi) is 3.24. The van der Waals surface area contributed by atoms with Gasteiger partial charge in [0.2, 0.25) is 5.76 Å². The first-order valence-electron chi connectivity index (χ1n) is 2.59. The van der Waals surface area contributed by atoms with E-state index in [1.807, 2.05) is 0 Å². The van der Waals surface area contributed by atoms with E-state index in [1.54, 1.807) is 0 Å². The molecule has 58 valence electrons. The van der Waals surface area contributed by atoms with E-state index in [2.05, 4.69) is 11.1 Å². The number of aliphatic hydroxyl groups excluding tert-OH is 1. The zero-order chi connectivity index (χ0) is 8.15. The van der Waals surface area contributed by atoms with Crippen LogP contribution in [0.3, 0.4) is 0 Å². The summed E-state index contributed by atoms with van der Waals surface area (Å²) in [4.78, 5) is 10.2. The number of alkyl halides is 1. The maximum absolute atomic E-state index is 11.8. The molecule has 10 heavy (non-hydrogen) atoms. The molecule has 0 aromatic rings. The summed E-state index contributed by atoms with van der Waals surface area (Å²) in [5.74, 6) is -1.80. The van der Waals surface area contributed by atoms with E-state index in [-0.39, 0.29) is 5.70 Å². The van der Waals surface area contributed by atoms with E-state index in [4.69, 9.17) is 5.11 Å². The van der Waals surface area contributed by atoms with Gasteiger partial charge in [0.05, 0.1) is 5.70 Å². The minimum absolute atomic E-state index is 0.201. The van der Waals surface area contributed by atoms with Crippen molar-refractivity contribution in [1.29, 1.82) is 0 Å². The van der Waals surface area contributed by atoms with E-state index in [9.17, 15) is 9.18 Å². The normalized spacial score (nSPS) is 12.2. The van der Waals surface area contributed by atoms with Crippen molar-refractivity contribution in [3.63, 3.8) is 0 Å². The second kappa shape index (κ2) is 3.71. The predicted octanol–water partition coefficient (Wildman–Crippen LogP) is -0.570. The summed E-state index contributed by atoms with van der Waals surface area (Å²) in [6.07, 6.45) is 0. The van der Waals surface area contributed by atoms with Crippen molar-refractivity contribution >= 4 is 5.91 Å². The van der Waals surface area contributed by atoms with Crippen LogP contribution in [0.2, 0.25) is 0 Å². The van der Waals surface area contributed by atoms with Gasteiger partial charge in [-0.3, -0.25) is 4.79 Å². The summed E-state index contributed by atoms with van der Waals surface area (Å²) >= 11 is 0. The van der Waals surface area contributed by atoms with Crippen LogP contribution >= 0.6 is 0 Å². The molecule has 0 aliphatic carbocycles. The zero-order valence-corrected chi connectivity index (χ0v) is 5.52. The van der Waals surface area contributed by atoms with Gasteiger partial charge in [0.25, 0.3) is 5.91 Å². The quantitative estimate of drug-likeness (QED) is 0.370. The van der Waals surface area contributed by atoms with Crippen LogP contribution < -0.4 is 11.1 Å². The summed E-state index contributed by atoms with van der Waals surface area (Å²) in [5.41, 5.74) is 4.43. The van der Waals surface area contributed by atoms with E-state index < -0.39 is 18.3 Å². The molecule has 0 rings (SSSR count). The zero-order valence-electron chi connectivity index (χ0n) is 5.52. The SMILES string of the molecule is CN/C(CF)=C(\O)C(N)=O. The maximum atomic E-state index is 11.8. The third-order valence-electron chi connectivity index (χ3n) is 0.955. The lowest BCUT2D eigenvalue weighted by Crippen LogP contribution is -2.21. The maximum Gasteiger partial charge on any atom is 0.285 e. The standard InChI is InChI=1S/C5H9FN2O2/c1-8-3(2-6)4(9)5(7)10/h8-9H,2H2,1H3,(H2,7,10)/b4-3-. The number of primary amides is 1. The van der Waals surface area contributed by atoms with Crippen molar-refractivity contribution < 1.29 is 14.3 Å². The van der Waals surface area contributed by atoms with Gasteiger partial charge in [-0.05, 0) is 0 Å². The van der Waals surface area contributed by atoms with Gasteiger partial charge in [0.1, 0.15) is 6.67 Å². The highest BCUT2D eigenvalue weighted by atomic mass is 19.1. The van der Waals surface area contributed by atoms with Gasteiger partial charge in [0.15, 0.2) is 0 Å². The lowest BCUT2D eigenvalue weighted by molar-refractivity contribution is -0.117. The summed E-state index contributed by atoms with van der Waals surface area (Å²) in [6.45, 7) is -0.939. The molecule has 0 spiro atoms. The molecule has 0 saturated heterocycles. The highest BCUT2D eigenvalue weighted by molar-refractivity contribution is 5.90. The van der Waals surface area contributed by atoms with Gasteiger partial charge >= 0.3 is 0 Å². The molecule has 1 amide bonds. The topological polar surface area (TPSA) is 75.3 Å². The van der Waals surface area contributed by atoms with E-state index in [0.717, 1.165) is 0 Å². The third kappa shape index (κ3) is 1.93. The fourth-order valence-electron chi connectivity index (χ4n) is 0.397. The first-order valence-corrected chi connectivity index (χ1v) is 2.59. The number of halogens is 1. The highest BCUT2D eigenvalue weighted by Crippen LogP contribution is 1.95. The van der Waals surface area contributed by atoms with E-state index >= 15 is 0 Å². The molecular formula is C5H9FN2O2. The van der Waals surface area contributed by atoms with Crippen molar-refractivity contribution in [3.05, 3.63) is 11.5 Å². The largest absolute Gasteiger partial charge is 0.502 e. The molecule has 5 heteroatoms. The number of hydrogen-bond acceptors (Lipinski definition) is 3. The molecule has 0 fully saturated rings. The summed E-state index contributed by atoms with van der Waals surface area (Å²) in [7, 11) is 1.38. The second-order valence-corrected chi connectivity index (χ2v) is 1.58. The smallest absolute Gasteiger partial charge is 0.285 e. The molecular weight excluding hydrogens is 139 g/mol. The van der Waals surface area contributed by atoms with Crippen molar-refractivity contribution in [2.45, 2.75) is 0 Å². The fraction of sp³-hybridized carbons (Fsp3) is 0.400. The molecule has 0 aromatic heterocycles. The molecule has 0 radical (unpaired) electrons. The molecule has 4 N–H and O–H groups in total. The number of carbonyl (C=O) groups is 1. The molecule has 4 nitrogen and oxygen atoms in total. The first kappa shape index (κ1) is 8.74. The Morgan fingerprint density at radius 1 is 1.80 bits per heavy atom. The van der Waals surface area contributed by atoms with Crippen LogP contribution in [0.4, 0.5) is 4.39 Å². The minimum atomic E-state index is -1.04. The Morgan fingerprint density at radius 2 is 2.30 bits per heavy atom. The van der Waals surface area contributed by atoms with E-state index in [0.29, 0.717) is 0 Å². The molecule has 0 unspecified atom stereocenters. The van der Waals surface area contributed by atoms with Gasteiger partial charge in [0, 0.05) is 7.05 Å². The molecule has 0 aliphatic heterocycles. The Morgan fingerprint density at radius 3 is 2.40 bits per heavy atom. The van der Waals surface area contributed by atoms with E-state index in [1.165, 1.54) is 7.05 Å². The third-order valence-corrected chi connectivity index (χ3v) is 0.955. The second-order valence-electron chi connectivity index (χ2n) is 1.58. The number of nitrogens with two attached hydrogens (primary N) is 1. The molecule has 0 aromatic carbocycles. The summed E-state index contributed by atoms with van der Waals surface area (Å²) in [5, 5.41) is 11.0. The van der Waals surface area contributed by atoms with Crippen molar-refractivity contribution in [1.82, 2.24) is 5.32 Å². The van der Waals surface area contributed by atoms with Crippen LogP contribution in [0.5, 0.6) is 0 Å². The minimum Gasteiger partial charge on any atom is -0.502 e. The highest BCUT2D eigenvalue weighted by Gasteiger charge is 2.08. The van der Waals surface area contributed by atoms with Gasteiger partial charge in [-0.1, -0.05) is 0 Å². The summed E-state index contributed by atoms with van der Waals surface area (Å²) in [6, 6.07) is 0. The number of rotatable bonds is 3.